The molecule has 2 heterocycles. The van der Waals surface area contributed by atoms with Gasteiger partial charge in [-0.1, -0.05) is 18.2 Å². The van der Waals surface area contributed by atoms with Gasteiger partial charge in [0.15, 0.2) is 18.0 Å². The van der Waals surface area contributed by atoms with E-state index in [1.807, 2.05) is 60.1 Å². The first-order chi connectivity index (χ1) is 13.7. The van der Waals surface area contributed by atoms with Crippen molar-refractivity contribution in [1.29, 1.82) is 0 Å². The van der Waals surface area contributed by atoms with Gasteiger partial charge in [-0.25, -0.2) is 4.98 Å². The van der Waals surface area contributed by atoms with Crippen molar-refractivity contribution in [1.82, 2.24) is 9.38 Å². The van der Waals surface area contributed by atoms with Crippen molar-refractivity contribution in [2.45, 2.75) is 6.92 Å². The van der Waals surface area contributed by atoms with Crippen molar-refractivity contribution in [3.8, 4) is 17.2 Å². The molecule has 1 N–H and O–H groups in total. The molecule has 0 aliphatic rings. The monoisotopic (exact) mass is 373 g/mol. The molecule has 0 radical (unpaired) electrons. The fourth-order valence-electron chi connectivity index (χ4n) is 2.79. The summed E-state index contributed by atoms with van der Waals surface area (Å²) in [4.78, 5) is 16.6. The molecule has 0 aliphatic heterocycles. The summed E-state index contributed by atoms with van der Waals surface area (Å²) >= 11 is 0. The Morgan fingerprint density at radius 1 is 1.00 bits per heavy atom. The third kappa shape index (κ3) is 4.12. The number of amides is 1. The van der Waals surface area contributed by atoms with E-state index in [4.69, 9.17) is 9.47 Å². The van der Waals surface area contributed by atoms with Crippen LogP contribution in [0.2, 0.25) is 0 Å². The van der Waals surface area contributed by atoms with Gasteiger partial charge in [-0.2, -0.15) is 0 Å². The minimum absolute atomic E-state index is 0.103. The number of nitrogens with one attached hydrogen (secondary N) is 1. The van der Waals surface area contributed by atoms with Crippen LogP contribution in [0, 0.1) is 6.92 Å². The average Bonchev–Trinajstić information content (AvgIpc) is 3.09. The lowest BCUT2D eigenvalue weighted by atomic mass is 10.3. The third-order valence-electron chi connectivity index (χ3n) is 4.04. The van der Waals surface area contributed by atoms with E-state index in [0.29, 0.717) is 22.8 Å². The average molecular weight is 373 g/mol. The molecule has 1 amide bonds. The molecule has 0 bridgehead atoms. The first-order valence-electron chi connectivity index (χ1n) is 8.87. The number of carbonyl (C=O) groups excluding carboxylic acids is 1. The Bertz CT molecular complexity index is 1090. The topological polar surface area (TPSA) is 64.9 Å². The van der Waals surface area contributed by atoms with Gasteiger partial charge in [-0.05, 0) is 55.5 Å². The molecule has 6 heteroatoms. The summed E-state index contributed by atoms with van der Waals surface area (Å²) in [6.07, 6.45) is 3.79. The number of fused-ring (bicyclic) bond motifs is 1. The Morgan fingerprint density at radius 3 is 2.54 bits per heavy atom. The number of imidazole rings is 1. The lowest BCUT2D eigenvalue weighted by Gasteiger charge is -2.09. The number of rotatable bonds is 6. The number of anilines is 1. The highest BCUT2D eigenvalue weighted by Gasteiger charge is 2.09. The maximum atomic E-state index is 12.2. The van der Waals surface area contributed by atoms with E-state index in [2.05, 4.69) is 10.3 Å². The lowest BCUT2D eigenvalue weighted by molar-refractivity contribution is -0.118. The van der Waals surface area contributed by atoms with Crippen LogP contribution in [0.3, 0.4) is 0 Å². The molecule has 6 nitrogen and oxygen atoms in total. The smallest absolute Gasteiger partial charge is 0.262 e. The fraction of sp³-hybridized carbons (Fsp3) is 0.0909. The lowest BCUT2D eigenvalue weighted by Crippen LogP contribution is -2.20. The summed E-state index contributed by atoms with van der Waals surface area (Å²) in [5, 5.41) is 2.81. The van der Waals surface area contributed by atoms with Gasteiger partial charge in [0.25, 0.3) is 5.91 Å². The van der Waals surface area contributed by atoms with Gasteiger partial charge in [0, 0.05) is 18.1 Å². The van der Waals surface area contributed by atoms with Crippen molar-refractivity contribution in [2.75, 3.05) is 11.9 Å². The van der Waals surface area contributed by atoms with Crippen LogP contribution in [-0.4, -0.2) is 21.9 Å². The molecule has 2 aromatic heterocycles. The van der Waals surface area contributed by atoms with Gasteiger partial charge >= 0.3 is 0 Å². The van der Waals surface area contributed by atoms with Crippen molar-refractivity contribution in [3.63, 3.8) is 0 Å². The van der Waals surface area contributed by atoms with Crippen LogP contribution in [0.1, 0.15) is 5.69 Å². The van der Waals surface area contributed by atoms with Crippen LogP contribution in [0.5, 0.6) is 17.2 Å². The van der Waals surface area contributed by atoms with E-state index in [1.165, 1.54) is 0 Å². The zero-order valence-corrected chi connectivity index (χ0v) is 15.3. The highest BCUT2D eigenvalue weighted by Crippen LogP contribution is 2.23. The Labute approximate surface area is 162 Å². The molecule has 0 fully saturated rings. The number of pyridine rings is 1. The van der Waals surface area contributed by atoms with Crippen LogP contribution >= 0.6 is 0 Å². The van der Waals surface area contributed by atoms with Crippen LogP contribution in [0.25, 0.3) is 5.65 Å². The zero-order valence-electron chi connectivity index (χ0n) is 15.3. The van der Waals surface area contributed by atoms with Gasteiger partial charge in [-0.15, -0.1) is 0 Å². The van der Waals surface area contributed by atoms with Crippen molar-refractivity contribution < 1.29 is 14.3 Å². The quantitative estimate of drug-likeness (QED) is 0.542. The summed E-state index contributed by atoms with van der Waals surface area (Å²) in [5.41, 5.74) is 2.25. The van der Waals surface area contributed by atoms with Crippen molar-refractivity contribution >= 4 is 17.2 Å². The number of benzene rings is 2. The SMILES string of the molecule is Cc1cn2cccc(OCC(=O)Nc3ccc(Oc4ccccc4)cc3)c2n1. The molecule has 4 aromatic rings. The number of para-hydroxylation sites is 1. The Hall–Kier alpha value is -3.80. The predicted molar refractivity (Wildman–Crippen MR) is 107 cm³/mol. The largest absolute Gasteiger partial charge is 0.480 e. The second-order valence-corrected chi connectivity index (χ2v) is 6.26. The summed E-state index contributed by atoms with van der Waals surface area (Å²) in [6.45, 7) is 1.81. The van der Waals surface area contributed by atoms with Gasteiger partial charge in [-0.3, -0.25) is 4.79 Å². The number of hydrogen-bond donors (Lipinski definition) is 1. The van der Waals surface area contributed by atoms with Gasteiger partial charge < -0.3 is 19.2 Å². The van der Waals surface area contributed by atoms with E-state index in [0.717, 1.165) is 11.4 Å². The van der Waals surface area contributed by atoms with Gasteiger partial charge in [0.1, 0.15) is 11.5 Å². The van der Waals surface area contributed by atoms with Gasteiger partial charge in [0.05, 0.1) is 5.69 Å². The second-order valence-electron chi connectivity index (χ2n) is 6.26. The number of aromatic nitrogens is 2. The van der Waals surface area contributed by atoms with E-state index < -0.39 is 0 Å². The standard InChI is InChI=1S/C22H19N3O3/c1-16-14-25-13-5-8-20(22(25)23-16)27-15-21(26)24-17-9-11-19(12-10-17)28-18-6-3-2-4-7-18/h2-14H,15H2,1H3,(H,24,26). The summed E-state index contributed by atoms with van der Waals surface area (Å²) < 4.78 is 13.3. The number of aryl methyl sites for hydroxylation is 1. The summed E-state index contributed by atoms with van der Waals surface area (Å²) in [5.74, 6) is 1.78. The fourth-order valence-corrected chi connectivity index (χ4v) is 2.79. The zero-order chi connectivity index (χ0) is 19.3. The molecule has 28 heavy (non-hydrogen) atoms. The predicted octanol–water partition coefficient (Wildman–Crippen LogP) is 4.45. The number of ether oxygens (including phenoxy) is 2. The Morgan fingerprint density at radius 2 is 1.75 bits per heavy atom. The molecule has 140 valence electrons. The van der Waals surface area contributed by atoms with Crippen LogP contribution in [-0.2, 0) is 4.79 Å². The minimum atomic E-state index is -0.248. The van der Waals surface area contributed by atoms with Crippen LogP contribution in [0.15, 0.2) is 79.1 Å². The maximum absolute atomic E-state index is 12.2. The summed E-state index contributed by atoms with van der Waals surface area (Å²) in [7, 11) is 0. The van der Waals surface area contributed by atoms with E-state index in [-0.39, 0.29) is 12.5 Å². The Kier molecular flexibility index (Phi) is 4.93. The van der Waals surface area contributed by atoms with E-state index >= 15 is 0 Å². The van der Waals surface area contributed by atoms with Crippen LogP contribution < -0.4 is 14.8 Å². The molecule has 2 aromatic carbocycles. The molecule has 0 saturated carbocycles. The van der Waals surface area contributed by atoms with E-state index in [9.17, 15) is 4.79 Å². The van der Waals surface area contributed by atoms with Gasteiger partial charge in [0.2, 0.25) is 0 Å². The number of hydrogen-bond acceptors (Lipinski definition) is 4. The maximum Gasteiger partial charge on any atom is 0.262 e. The highest BCUT2D eigenvalue weighted by molar-refractivity contribution is 5.92. The molecular formula is C22H19N3O3. The van der Waals surface area contributed by atoms with Crippen molar-refractivity contribution in [3.05, 3.63) is 84.8 Å². The number of nitrogens with zero attached hydrogens (tertiary/aromatic N) is 2. The molecular weight excluding hydrogens is 354 g/mol. The first kappa shape index (κ1) is 17.6. The first-order valence-corrected chi connectivity index (χ1v) is 8.87. The van der Waals surface area contributed by atoms with Crippen molar-refractivity contribution in [2.24, 2.45) is 0 Å². The number of carbonyl (C=O) groups is 1. The molecule has 0 aliphatic carbocycles. The van der Waals surface area contributed by atoms with E-state index in [1.54, 1.807) is 30.3 Å². The van der Waals surface area contributed by atoms with Crippen LogP contribution in [0.4, 0.5) is 5.69 Å². The molecule has 0 atom stereocenters. The molecule has 4 rings (SSSR count). The highest BCUT2D eigenvalue weighted by atomic mass is 16.5. The Balaban J connectivity index is 1.34. The summed E-state index contributed by atoms with van der Waals surface area (Å²) in [6, 6.07) is 20.4. The second kappa shape index (κ2) is 7.84. The third-order valence-corrected chi connectivity index (χ3v) is 4.04. The minimum Gasteiger partial charge on any atom is -0.480 e. The molecule has 0 saturated heterocycles. The molecule has 0 unspecified atom stereocenters. The molecule has 0 spiro atoms. The normalized spacial score (nSPS) is 10.6.